The van der Waals surface area contributed by atoms with Crippen molar-refractivity contribution in [2.75, 3.05) is 31.1 Å². The molecular weight excluding hydrogens is 565 g/mol. The van der Waals surface area contributed by atoms with Gasteiger partial charge in [-0.15, -0.1) is 0 Å². The molecule has 0 aliphatic carbocycles. The number of anilines is 1. The van der Waals surface area contributed by atoms with Gasteiger partial charge in [0.1, 0.15) is 11.6 Å². The van der Waals surface area contributed by atoms with Crippen LogP contribution in [0.4, 0.5) is 45.3 Å². The highest BCUT2D eigenvalue weighted by molar-refractivity contribution is 5.73. The van der Waals surface area contributed by atoms with E-state index in [4.69, 9.17) is 19.8 Å². The quantitative estimate of drug-likeness (QED) is 0.474. The van der Waals surface area contributed by atoms with Crippen LogP contribution in [0.2, 0.25) is 0 Å². The van der Waals surface area contributed by atoms with Gasteiger partial charge in [-0.3, -0.25) is 4.90 Å². The smallest absolute Gasteiger partial charge is 0.475 e. The van der Waals surface area contributed by atoms with E-state index in [2.05, 4.69) is 9.88 Å². The predicted octanol–water partition coefficient (Wildman–Crippen LogP) is 5.23. The molecule has 1 aromatic heterocycles. The predicted molar refractivity (Wildman–Crippen MR) is 122 cm³/mol. The molecule has 1 spiro atoms. The molecule has 1 aromatic carbocycles. The topological polar surface area (TPSA) is 94.0 Å². The van der Waals surface area contributed by atoms with E-state index in [1.807, 2.05) is 23.1 Å². The second-order valence-electron chi connectivity index (χ2n) is 9.04. The number of aromatic nitrogens is 1. The summed E-state index contributed by atoms with van der Waals surface area (Å²) in [4.78, 5) is 26.1. The van der Waals surface area contributed by atoms with Crippen LogP contribution < -0.4 is 4.90 Å². The van der Waals surface area contributed by atoms with E-state index in [0.29, 0.717) is 39.1 Å². The van der Waals surface area contributed by atoms with Crippen LogP contribution in [0, 0.1) is 11.2 Å². The fourth-order valence-corrected chi connectivity index (χ4v) is 4.21. The summed E-state index contributed by atoms with van der Waals surface area (Å²) in [5.41, 5.74) is -0.102. The molecule has 2 N–H and O–H groups in total. The molecule has 2 aromatic rings. The fourth-order valence-electron chi connectivity index (χ4n) is 4.21. The van der Waals surface area contributed by atoms with Crippen LogP contribution in [0.25, 0.3) is 0 Å². The Balaban J connectivity index is 0.000000333. The summed E-state index contributed by atoms with van der Waals surface area (Å²) in [6, 6.07) is 11.9. The first-order valence-electron chi connectivity index (χ1n) is 11.5. The van der Waals surface area contributed by atoms with Gasteiger partial charge in [0, 0.05) is 45.3 Å². The number of carboxylic acid groups (broad SMARTS) is 2. The molecule has 1 unspecified atom stereocenters. The molecule has 2 aliphatic heterocycles. The third-order valence-corrected chi connectivity index (χ3v) is 6.18. The van der Waals surface area contributed by atoms with Gasteiger partial charge >= 0.3 is 24.3 Å². The number of carbonyl (C=O) groups is 2. The Morgan fingerprint density at radius 3 is 1.88 bits per heavy atom. The molecule has 1 atom stereocenters. The number of likely N-dealkylation sites (tertiary alicyclic amines) is 1. The summed E-state index contributed by atoms with van der Waals surface area (Å²) < 4.78 is 106. The van der Waals surface area contributed by atoms with Crippen molar-refractivity contribution in [2.24, 2.45) is 5.41 Å². The van der Waals surface area contributed by atoms with Gasteiger partial charge in [0.25, 0.3) is 5.92 Å². The molecule has 7 nitrogen and oxygen atoms in total. The molecule has 0 bridgehead atoms. The first-order chi connectivity index (χ1) is 18.4. The Morgan fingerprint density at radius 1 is 0.850 bits per heavy atom. The summed E-state index contributed by atoms with van der Waals surface area (Å²) in [6.07, 6.45) is -8.15. The van der Waals surface area contributed by atoms with E-state index in [-0.39, 0.29) is 12.2 Å². The highest BCUT2D eigenvalue weighted by Gasteiger charge is 2.59. The van der Waals surface area contributed by atoms with Crippen molar-refractivity contribution < 1.29 is 59.3 Å². The molecule has 2 aliphatic rings. The molecule has 0 amide bonds. The number of pyridine rings is 1. The van der Waals surface area contributed by atoms with E-state index in [1.54, 1.807) is 18.3 Å². The monoisotopic (exact) mass is 589 g/mol. The second-order valence-corrected chi connectivity index (χ2v) is 9.04. The molecule has 0 radical (unpaired) electrons. The molecule has 4 rings (SSSR count). The minimum atomic E-state index is -5.08. The summed E-state index contributed by atoms with van der Waals surface area (Å²) in [5.74, 6) is -7.72. The van der Waals surface area contributed by atoms with Crippen LogP contribution in [0.5, 0.6) is 0 Å². The van der Waals surface area contributed by atoms with Gasteiger partial charge in [-0.05, 0) is 36.2 Å². The lowest BCUT2D eigenvalue weighted by atomic mass is 9.75. The lowest BCUT2D eigenvalue weighted by molar-refractivity contribution is -0.193. The molecule has 2 fully saturated rings. The van der Waals surface area contributed by atoms with Crippen molar-refractivity contribution in [2.45, 2.75) is 37.7 Å². The van der Waals surface area contributed by atoms with Crippen molar-refractivity contribution in [3.8, 4) is 0 Å². The zero-order valence-electron chi connectivity index (χ0n) is 20.5. The molecular formula is C24H24F9N3O4. The SMILES string of the molecule is Fc1ccc(CN2CCC(F)(F)C3(CCN(c4ccccn4)C3)C2)cc1.O=C(O)C(F)(F)F.O=C(O)C(F)(F)F. The lowest BCUT2D eigenvalue weighted by Gasteiger charge is -2.46. The third kappa shape index (κ3) is 8.99. The second kappa shape index (κ2) is 12.7. The average molecular weight is 589 g/mol. The van der Waals surface area contributed by atoms with Crippen LogP contribution >= 0.6 is 0 Å². The number of rotatable bonds is 3. The number of aliphatic carboxylic acids is 2. The Hall–Kier alpha value is -3.56. The van der Waals surface area contributed by atoms with Crippen molar-refractivity contribution in [1.29, 1.82) is 0 Å². The zero-order chi connectivity index (χ0) is 30.4. The normalized spacial score (nSPS) is 20.7. The standard InChI is InChI=1S/C20H22F3N3.2C2HF3O2/c21-17-6-4-16(5-7-17)13-25-11-9-20(22,23)19(14-25)8-12-26(15-19)18-3-1-2-10-24-18;2*3-2(4,5)1(6)7/h1-7,10H,8-9,11-15H2;2*(H,6,7). The van der Waals surface area contributed by atoms with Gasteiger partial charge < -0.3 is 15.1 Å². The number of nitrogens with zero attached hydrogens (tertiary/aromatic N) is 3. The fraction of sp³-hybridized carbons (Fsp3) is 0.458. The first kappa shape index (κ1) is 32.7. The zero-order valence-corrected chi connectivity index (χ0v) is 20.5. The largest absolute Gasteiger partial charge is 0.490 e. The van der Waals surface area contributed by atoms with Crippen LogP contribution in [-0.2, 0) is 16.1 Å². The first-order valence-corrected chi connectivity index (χ1v) is 11.5. The molecule has 3 heterocycles. The van der Waals surface area contributed by atoms with E-state index in [9.17, 15) is 39.5 Å². The van der Waals surface area contributed by atoms with Crippen molar-refractivity contribution in [3.63, 3.8) is 0 Å². The maximum atomic E-state index is 14.9. The van der Waals surface area contributed by atoms with Gasteiger partial charge in [0.15, 0.2) is 0 Å². The average Bonchev–Trinajstić information content (AvgIpc) is 3.29. The van der Waals surface area contributed by atoms with Crippen LogP contribution in [-0.4, -0.2) is 76.5 Å². The van der Waals surface area contributed by atoms with E-state index >= 15 is 0 Å². The summed E-state index contributed by atoms with van der Waals surface area (Å²) in [6.45, 7) is 2.19. The van der Waals surface area contributed by atoms with Crippen molar-refractivity contribution in [1.82, 2.24) is 9.88 Å². The van der Waals surface area contributed by atoms with Gasteiger partial charge in [0.05, 0.1) is 5.41 Å². The highest BCUT2D eigenvalue weighted by Crippen LogP contribution is 2.50. The molecule has 0 saturated carbocycles. The third-order valence-electron chi connectivity index (χ3n) is 6.18. The maximum absolute atomic E-state index is 14.9. The summed E-state index contributed by atoms with van der Waals surface area (Å²) >= 11 is 0. The van der Waals surface area contributed by atoms with Crippen LogP contribution in [0.15, 0.2) is 48.7 Å². The van der Waals surface area contributed by atoms with Crippen LogP contribution in [0.3, 0.4) is 0 Å². The number of hydrogen-bond acceptors (Lipinski definition) is 5. The van der Waals surface area contributed by atoms with Crippen LogP contribution in [0.1, 0.15) is 18.4 Å². The molecule has 40 heavy (non-hydrogen) atoms. The summed E-state index contributed by atoms with van der Waals surface area (Å²) in [7, 11) is 0. The molecule has 2 saturated heterocycles. The van der Waals surface area contributed by atoms with E-state index in [0.717, 1.165) is 11.4 Å². The van der Waals surface area contributed by atoms with E-state index < -0.39 is 35.6 Å². The minimum absolute atomic E-state index is 0.135. The van der Waals surface area contributed by atoms with Crippen molar-refractivity contribution in [3.05, 3.63) is 60.0 Å². The number of alkyl halides is 8. The van der Waals surface area contributed by atoms with Gasteiger partial charge in [-0.25, -0.2) is 27.7 Å². The lowest BCUT2D eigenvalue weighted by Crippen LogP contribution is -2.56. The number of halogens is 9. The molecule has 222 valence electrons. The Kier molecular flexibility index (Phi) is 10.4. The molecule has 16 heteroatoms. The van der Waals surface area contributed by atoms with Gasteiger partial charge in [0.2, 0.25) is 0 Å². The number of carboxylic acids is 2. The Labute approximate surface area is 221 Å². The van der Waals surface area contributed by atoms with Crippen molar-refractivity contribution >= 4 is 17.8 Å². The van der Waals surface area contributed by atoms with Gasteiger partial charge in [-0.1, -0.05) is 18.2 Å². The van der Waals surface area contributed by atoms with E-state index in [1.165, 1.54) is 12.1 Å². The maximum Gasteiger partial charge on any atom is 0.490 e. The number of hydrogen-bond donors (Lipinski definition) is 2. The Morgan fingerprint density at radius 2 is 1.40 bits per heavy atom. The summed E-state index contributed by atoms with van der Waals surface area (Å²) in [5, 5.41) is 14.2. The minimum Gasteiger partial charge on any atom is -0.475 e. The number of piperidine rings is 1. The highest BCUT2D eigenvalue weighted by atomic mass is 19.4. The Bertz CT molecular complexity index is 1110. The number of benzene rings is 1. The van der Waals surface area contributed by atoms with Gasteiger partial charge in [-0.2, -0.15) is 26.3 Å².